The van der Waals surface area contributed by atoms with Crippen molar-refractivity contribution in [3.63, 3.8) is 0 Å². The van der Waals surface area contributed by atoms with Gasteiger partial charge in [-0.25, -0.2) is 0 Å². The van der Waals surface area contributed by atoms with E-state index in [1.165, 1.54) is 0 Å². The molecule has 0 amide bonds. The largest absolute Gasteiger partial charge is 0.411 e. The van der Waals surface area contributed by atoms with E-state index in [0.29, 0.717) is 12.3 Å². The zero-order valence-corrected chi connectivity index (χ0v) is 16.2. The number of Topliss-reactive ketones (excluding diaryl/α,β-unsaturated/α-hetero) is 1. The van der Waals surface area contributed by atoms with Gasteiger partial charge in [0.2, 0.25) is 0 Å². The zero-order chi connectivity index (χ0) is 16.8. The van der Waals surface area contributed by atoms with E-state index >= 15 is 0 Å². The highest BCUT2D eigenvalue weighted by molar-refractivity contribution is 6.74. The predicted octanol–water partition coefficient (Wildman–Crippen LogP) is 4.30. The first-order valence-electron chi connectivity index (χ1n) is 8.92. The van der Waals surface area contributed by atoms with Crippen LogP contribution in [-0.2, 0) is 9.22 Å². The summed E-state index contributed by atoms with van der Waals surface area (Å²) >= 11 is 0. The molecule has 2 aliphatic carbocycles. The van der Waals surface area contributed by atoms with E-state index in [0.717, 1.165) is 32.1 Å². The Morgan fingerprint density at radius 1 is 1.23 bits per heavy atom. The van der Waals surface area contributed by atoms with Crippen LogP contribution in [0.2, 0.25) is 18.1 Å². The summed E-state index contributed by atoms with van der Waals surface area (Å²) in [6.45, 7) is 13.3. The van der Waals surface area contributed by atoms with Crippen molar-refractivity contribution < 1.29 is 14.3 Å². The Morgan fingerprint density at radius 3 is 2.45 bits per heavy atom. The highest BCUT2D eigenvalue weighted by atomic mass is 28.4. The lowest BCUT2D eigenvalue weighted by Gasteiger charge is -2.50. The number of fused-ring (bicyclic) bond motifs is 1. The van der Waals surface area contributed by atoms with Gasteiger partial charge < -0.3 is 9.53 Å². The molecule has 0 aliphatic heterocycles. The van der Waals surface area contributed by atoms with E-state index in [1.54, 1.807) is 0 Å². The molecule has 0 radical (unpaired) electrons. The summed E-state index contributed by atoms with van der Waals surface area (Å²) in [5.74, 6) is 0.637. The molecular weight excluding hydrogens is 292 g/mol. The van der Waals surface area contributed by atoms with Gasteiger partial charge in [0.05, 0.1) is 6.10 Å². The fourth-order valence-electron chi connectivity index (χ4n) is 3.86. The summed E-state index contributed by atoms with van der Waals surface area (Å²) < 4.78 is 6.58. The first-order chi connectivity index (χ1) is 9.98. The van der Waals surface area contributed by atoms with Crippen LogP contribution in [0, 0.1) is 11.8 Å². The lowest BCUT2D eigenvalue weighted by molar-refractivity contribution is -0.169. The van der Waals surface area contributed by atoms with Crippen LogP contribution in [0.15, 0.2) is 0 Å². The maximum Gasteiger partial charge on any atom is 0.192 e. The van der Waals surface area contributed by atoms with Gasteiger partial charge in [-0.15, -0.1) is 0 Å². The van der Waals surface area contributed by atoms with Crippen LogP contribution in [-0.4, -0.2) is 30.9 Å². The first-order valence-corrected chi connectivity index (χ1v) is 11.8. The Bertz CT molecular complexity index is 427. The molecule has 2 saturated carbocycles. The Hall–Kier alpha value is -0.193. The molecule has 2 fully saturated rings. The first kappa shape index (κ1) is 18.1. The molecule has 0 aromatic heterocycles. The van der Waals surface area contributed by atoms with Crippen LogP contribution in [0.5, 0.6) is 0 Å². The van der Waals surface area contributed by atoms with Crippen LogP contribution < -0.4 is 0 Å². The van der Waals surface area contributed by atoms with Gasteiger partial charge in [0.1, 0.15) is 0 Å². The molecule has 3 nitrogen and oxygen atoms in total. The van der Waals surface area contributed by atoms with E-state index in [9.17, 15) is 9.90 Å². The van der Waals surface area contributed by atoms with Crippen LogP contribution in [0.3, 0.4) is 0 Å². The van der Waals surface area contributed by atoms with Crippen molar-refractivity contribution in [3.8, 4) is 0 Å². The lowest BCUT2D eigenvalue weighted by atomic mass is 9.67. The zero-order valence-electron chi connectivity index (χ0n) is 15.2. The smallest absolute Gasteiger partial charge is 0.192 e. The number of aliphatic hydroxyl groups is 1. The summed E-state index contributed by atoms with van der Waals surface area (Å²) in [5, 5.41) is 11.5. The van der Waals surface area contributed by atoms with Crippen LogP contribution >= 0.6 is 0 Å². The quantitative estimate of drug-likeness (QED) is 0.770. The minimum atomic E-state index is -2.00. The highest BCUT2D eigenvalue weighted by Crippen LogP contribution is 2.47. The van der Waals surface area contributed by atoms with Crippen molar-refractivity contribution in [3.05, 3.63) is 0 Å². The van der Waals surface area contributed by atoms with Crippen molar-refractivity contribution in [1.82, 2.24) is 0 Å². The third-order valence-electron chi connectivity index (χ3n) is 6.31. The molecule has 0 saturated heterocycles. The fraction of sp³-hybridized carbons (Fsp3) is 0.944. The number of ketones is 1. The molecule has 128 valence electrons. The van der Waals surface area contributed by atoms with E-state index in [1.807, 2.05) is 0 Å². The van der Waals surface area contributed by atoms with Gasteiger partial charge in [-0.2, -0.15) is 0 Å². The van der Waals surface area contributed by atoms with Crippen molar-refractivity contribution in [2.24, 2.45) is 11.8 Å². The Kier molecular flexibility index (Phi) is 4.97. The van der Waals surface area contributed by atoms with Crippen LogP contribution in [0.25, 0.3) is 0 Å². The minimum Gasteiger partial charge on any atom is -0.411 e. The summed E-state index contributed by atoms with van der Waals surface area (Å²) in [6.07, 6.45) is 4.90. The fourth-order valence-corrected chi connectivity index (χ4v) is 5.20. The van der Waals surface area contributed by atoms with Gasteiger partial charge in [-0.1, -0.05) is 34.1 Å². The average molecular weight is 327 g/mol. The van der Waals surface area contributed by atoms with Crippen LogP contribution in [0.4, 0.5) is 0 Å². The van der Waals surface area contributed by atoms with E-state index in [4.69, 9.17) is 4.43 Å². The maximum absolute atomic E-state index is 12.7. The summed E-state index contributed by atoms with van der Waals surface area (Å²) in [5.41, 5.74) is -1.24. The lowest BCUT2D eigenvalue weighted by Crippen LogP contribution is -2.62. The molecule has 2 rings (SSSR count). The molecule has 1 N–H and O–H groups in total. The number of carbonyl (C=O) groups excluding carboxylic acids is 1. The number of hydrogen-bond donors (Lipinski definition) is 1. The molecule has 0 bridgehead atoms. The average Bonchev–Trinajstić information content (AvgIpc) is 2.50. The second-order valence-electron chi connectivity index (χ2n) is 9.13. The SMILES string of the molecule is C[C@H]1C[C@@H]2CCCCC(=O)[C@]2(O)[C@@H](O[Si](C)(C)C(C)(C)C)C1. The van der Waals surface area contributed by atoms with Crippen molar-refractivity contribution in [1.29, 1.82) is 0 Å². The molecule has 0 aromatic rings. The maximum atomic E-state index is 12.7. The predicted molar refractivity (Wildman–Crippen MR) is 92.4 cm³/mol. The monoisotopic (exact) mass is 326 g/mol. The molecule has 0 aromatic carbocycles. The molecule has 4 heteroatoms. The van der Waals surface area contributed by atoms with Crippen molar-refractivity contribution >= 4 is 14.1 Å². The van der Waals surface area contributed by atoms with Gasteiger partial charge in [0.15, 0.2) is 19.7 Å². The standard InChI is InChI=1S/C18H34O3Si/c1-13-11-14-9-7-8-10-15(19)18(14,20)16(12-13)21-22(5,6)17(2,3)4/h13-14,16,20H,7-12H2,1-6H3/t13-,14-,16-,18-/m0/s1. The number of carbonyl (C=O) groups is 1. The molecule has 4 atom stereocenters. The minimum absolute atomic E-state index is 0.0330. The molecule has 0 spiro atoms. The Balaban J connectivity index is 2.32. The van der Waals surface area contributed by atoms with E-state index < -0.39 is 13.9 Å². The normalized spacial score (nSPS) is 37.6. The molecule has 22 heavy (non-hydrogen) atoms. The van der Waals surface area contributed by atoms with Gasteiger partial charge in [0.25, 0.3) is 0 Å². The van der Waals surface area contributed by atoms with Crippen LogP contribution in [0.1, 0.15) is 66.2 Å². The summed E-state index contributed by atoms with van der Waals surface area (Å²) in [7, 11) is -2.00. The van der Waals surface area contributed by atoms with Gasteiger partial charge in [-0.3, -0.25) is 4.79 Å². The number of hydrogen-bond acceptors (Lipinski definition) is 3. The third-order valence-corrected chi connectivity index (χ3v) is 10.8. The second kappa shape index (κ2) is 6.03. The topological polar surface area (TPSA) is 46.5 Å². The second-order valence-corrected chi connectivity index (χ2v) is 13.9. The van der Waals surface area contributed by atoms with E-state index in [2.05, 4.69) is 40.8 Å². The van der Waals surface area contributed by atoms with Crippen molar-refractivity contribution in [2.75, 3.05) is 0 Å². The molecule has 0 unspecified atom stereocenters. The summed E-state index contributed by atoms with van der Waals surface area (Å²) in [6, 6.07) is 0. The van der Waals surface area contributed by atoms with Crippen molar-refractivity contribution in [2.45, 2.75) is 96.1 Å². The molecular formula is C18H34O3Si. The third kappa shape index (κ3) is 3.20. The van der Waals surface area contributed by atoms with E-state index in [-0.39, 0.29) is 22.8 Å². The Labute approximate surface area is 137 Å². The molecule has 2 aliphatic rings. The van der Waals surface area contributed by atoms with Gasteiger partial charge >= 0.3 is 0 Å². The Morgan fingerprint density at radius 2 is 1.86 bits per heavy atom. The van der Waals surface area contributed by atoms with Gasteiger partial charge in [-0.05, 0) is 55.7 Å². The molecule has 0 heterocycles. The highest BCUT2D eigenvalue weighted by Gasteiger charge is 2.56. The summed E-state index contributed by atoms with van der Waals surface area (Å²) in [4.78, 5) is 12.7. The van der Waals surface area contributed by atoms with Gasteiger partial charge in [0, 0.05) is 6.42 Å². The number of rotatable bonds is 2.